The van der Waals surface area contributed by atoms with Crippen molar-refractivity contribution in [1.82, 2.24) is 9.88 Å². The molecule has 0 bridgehead atoms. The number of hydrogen-bond donors (Lipinski definition) is 2. The number of ether oxygens (including phenoxy) is 1. The van der Waals surface area contributed by atoms with Gasteiger partial charge in [-0.25, -0.2) is 0 Å². The second kappa shape index (κ2) is 12.8. The summed E-state index contributed by atoms with van der Waals surface area (Å²) in [6, 6.07) is 21.5. The molecule has 2 heterocycles. The Labute approximate surface area is 230 Å². The van der Waals surface area contributed by atoms with E-state index in [4.69, 9.17) is 15.1 Å². The number of rotatable bonds is 9. The molecule has 2 N–H and O–H groups in total. The number of aliphatic hydroxyl groups is 2. The van der Waals surface area contributed by atoms with Crippen molar-refractivity contribution in [2.45, 2.75) is 16.5 Å². The van der Waals surface area contributed by atoms with Crippen molar-refractivity contribution in [3.63, 3.8) is 0 Å². The van der Waals surface area contributed by atoms with E-state index in [1.54, 1.807) is 18.2 Å². The van der Waals surface area contributed by atoms with Gasteiger partial charge in [-0.15, -0.1) is 0 Å². The van der Waals surface area contributed by atoms with Crippen molar-refractivity contribution in [1.29, 1.82) is 10.5 Å². The summed E-state index contributed by atoms with van der Waals surface area (Å²) in [6.45, 7) is 1.88. The van der Waals surface area contributed by atoms with Gasteiger partial charge in [0.05, 0.1) is 47.8 Å². The molecular formula is C28H28IN5O3. The third-order valence-electron chi connectivity index (χ3n) is 6.56. The summed E-state index contributed by atoms with van der Waals surface area (Å²) in [5.41, 5.74) is 4.88. The van der Waals surface area contributed by atoms with Crippen LogP contribution in [0.2, 0.25) is 0 Å². The molecule has 3 aromatic rings. The van der Waals surface area contributed by atoms with Crippen LogP contribution in [0.15, 0.2) is 60.8 Å². The Bertz CT molecular complexity index is 1270. The zero-order valence-corrected chi connectivity index (χ0v) is 22.5. The Morgan fingerprint density at radius 1 is 1.05 bits per heavy atom. The summed E-state index contributed by atoms with van der Waals surface area (Å²) in [6.07, 6.45) is 1.54. The van der Waals surface area contributed by atoms with E-state index in [1.807, 2.05) is 12.1 Å². The van der Waals surface area contributed by atoms with Gasteiger partial charge < -0.3 is 19.8 Å². The van der Waals surface area contributed by atoms with Gasteiger partial charge in [-0.3, -0.25) is 9.88 Å². The molecule has 190 valence electrons. The van der Waals surface area contributed by atoms with Crippen molar-refractivity contribution in [2.24, 2.45) is 0 Å². The number of benzene rings is 2. The highest BCUT2D eigenvalue weighted by Gasteiger charge is 2.34. The molecule has 0 radical (unpaired) electrons. The van der Waals surface area contributed by atoms with E-state index in [-0.39, 0.29) is 31.9 Å². The lowest BCUT2D eigenvalue weighted by Crippen LogP contribution is -2.50. The van der Waals surface area contributed by atoms with Gasteiger partial charge in [0.2, 0.25) is 0 Å². The van der Waals surface area contributed by atoms with Crippen molar-refractivity contribution in [3.05, 3.63) is 88.7 Å². The maximum atomic E-state index is 10.3. The fourth-order valence-electron chi connectivity index (χ4n) is 4.66. The number of nitriles is 2. The molecule has 0 unspecified atom stereocenters. The molecule has 1 aliphatic rings. The minimum Gasteiger partial charge on any atom is -0.491 e. The number of piperazine rings is 1. The molecule has 1 fully saturated rings. The minimum absolute atomic E-state index is 0.0687. The average Bonchev–Trinajstić information content (AvgIpc) is 2.96. The van der Waals surface area contributed by atoms with Crippen LogP contribution >= 0.6 is 22.6 Å². The first-order chi connectivity index (χ1) is 18.1. The molecule has 0 saturated carbocycles. The van der Waals surface area contributed by atoms with Gasteiger partial charge >= 0.3 is 0 Å². The highest BCUT2D eigenvalue weighted by atomic mass is 127. The predicted molar refractivity (Wildman–Crippen MR) is 148 cm³/mol. The van der Waals surface area contributed by atoms with Crippen LogP contribution in [-0.4, -0.2) is 59.6 Å². The van der Waals surface area contributed by atoms with E-state index < -0.39 is 0 Å². The normalized spacial score (nSPS) is 16.6. The zero-order chi connectivity index (χ0) is 26.2. The Morgan fingerprint density at radius 3 is 2.49 bits per heavy atom. The topological polar surface area (TPSA) is 117 Å². The van der Waals surface area contributed by atoms with Crippen molar-refractivity contribution < 1.29 is 14.9 Å². The number of aromatic nitrogens is 1. The lowest BCUT2D eigenvalue weighted by molar-refractivity contribution is 0.100. The van der Waals surface area contributed by atoms with Gasteiger partial charge in [-0.1, -0.05) is 46.9 Å². The van der Waals surface area contributed by atoms with E-state index in [1.165, 1.54) is 11.8 Å². The van der Waals surface area contributed by atoms with Gasteiger partial charge in [0, 0.05) is 30.3 Å². The van der Waals surface area contributed by atoms with Gasteiger partial charge in [0.15, 0.2) is 0 Å². The molecule has 4 rings (SSSR count). The van der Waals surface area contributed by atoms with E-state index in [0.717, 1.165) is 21.4 Å². The Morgan fingerprint density at radius 2 is 1.86 bits per heavy atom. The molecule has 0 amide bonds. The van der Waals surface area contributed by atoms with Crippen LogP contribution in [-0.2, 0) is 4.43 Å². The molecule has 9 heteroatoms. The second-order valence-electron chi connectivity index (χ2n) is 8.72. The van der Waals surface area contributed by atoms with Crippen molar-refractivity contribution >= 4 is 28.3 Å². The van der Waals surface area contributed by atoms with E-state index in [0.29, 0.717) is 36.5 Å². The molecule has 1 saturated heterocycles. The summed E-state index contributed by atoms with van der Waals surface area (Å²) in [5, 5.41) is 38.4. The maximum Gasteiger partial charge on any atom is 0.120 e. The number of hydrogen-bond acceptors (Lipinski definition) is 8. The SMILES string of the molecule is N#Cc1ccc([C@@H](CO)N2CCN(c3ccc(OCCO)cc3C#N)[C@H](c3ccc(CI)cc3)C2)nc1. The first kappa shape index (κ1) is 26.8. The molecule has 1 aromatic heterocycles. The van der Waals surface area contributed by atoms with Gasteiger partial charge in [0.25, 0.3) is 0 Å². The molecule has 2 aromatic carbocycles. The van der Waals surface area contributed by atoms with Gasteiger partial charge in [0.1, 0.15) is 24.5 Å². The van der Waals surface area contributed by atoms with Crippen LogP contribution in [0.5, 0.6) is 5.75 Å². The molecular weight excluding hydrogens is 581 g/mol. The van der Waals surface area contributed by atoms with Crippen LogP contribution in [0.4, 0.5) is 5.69 Å². The third kappa shape index (κ3) is 6.20. The maximum absolute atomic E-state index is 10.3. The van der Waals surface area contributed by atoms with Crippen LogP contribution in [0.3, 0.4) is 0 Å². The van der Waals surface area contributed by atoms with E-state index in [9.17, 15) is 10.4 Å². The lowest BCUT2D eigenvalue weighted by atomic mass is 9.97. The largest absolute Gasteiger partial charge is 0.491 e. The standard InChI is InChI=1S/C28H28IN5O3/c29-14-20-1-4-22(5-2-20)27-18-33(28(19-36)25-7-3-21(15-30)17-32-25)9-10-34(27)26-8-6-24(37-12-11-35)13-23(26)16-31/h1-8,13,17,27-28,35-36H,9-12,14,18-19H2/t27-,28+/m0/s1. The number of pyridine rings is 1. The number of nitrogens with zero attached hydrogens (tertiary/aromatic N) is 5. The van der Waals surface area contributed by atoms with E-state index in [2.05, 4.69) is 73.8 Å². The van der Waals surface area contributed by atoms with Crippen LogP contribution in [0.1, 0.15) is 40.0 Å². The fraction of sp³-hybridized carbons (Fsp3) is 0.321. The highest BCUT2D eigenvalue weighted by molar-refractivity contribution is 14.1. The van der Waals surface area contributed by atoms with Crippen LogP contribution in [0.25, 0.3) is 0 Å². The summed E-state index contributed by atoms with van der Waals surface area (Å²) in [4.78, 5) is 8.90. The van der Waals surface area contributed by atoms with Gasteiger partial charge in [-0.2, -0.15) is 10.5 Å². The highest BCUT2D eigenvalue weighted by Crippen LogP contribution is 2.36. The third-order valence-corrected chi connectivity index (χ3v) is 7.44. The van der Waals surface area contributed by atoms with Crippen LogP contribution < -0.4 is 9.64 Å². The summed E-state index contributed by atoms with van der Waals surface area (Å²) < 4.78 is 6.44. The van der Waals surface area contributed by atoms with Crippen LogP contribution in [0, 0.1) is 22.7 Å². The van der Waals surface area contributed by atoms with E-state index >= 15 is 0 Å². The first-order valence-corrected chi connectivity index (χ1v) is 13.5. The molecule has 2 atom stereocenters. The molecule has 0 aliphatic carbocycles. The first-order valence-electron chi connectivity index (χ1n) is 12.0. The smallest absolute Gasteiger partial charge is 0.120 e. The number of alkyl halides is 1. The molecule has 8 nitrogen and oxygen atoms in total. The van der Waals surface area contributed by atoms with Crippen molar-refractivity contribution in [3.8, 4) is 17.9 Å². The fourth-order valence-corrected chi connectivity index (χ4v) is 5.17. The quantitative estimate of drug-likeness (QED) is 0.279. The second-order valence-corrected chi connectivity index (χ2v) is 9.49. The number of anilines is 1. The van der Waals surface area contributed by atoms with Gasteiger partial charge in [-0.05, 0) is 41.5 Å². The Hall–Kier alpha value is -3.22. The monoisotopic (exact) mass is 609 g/mol. The Kier molecular flexibility index (Phi) is 9.31. The van der Waals surface area contributed by atoms with Crippen molar-refractivity contribution in [2.75, 3.05) is 44.4 Å². The summed E-state index contributed by atoms with van der Waals surface area (Å²) in [7, 11) is 0. The predicted octanol–water partition coefficient (Wildman–Crippen LogP) is 3.73. The average molecular weight is 609 g/mol. The minimum atomic E-state index is -0.310. The zero-order valence-electron chi connectivity index (χ0n) is 20.3. The number of halogens is 1. The summed E-state index contributed by atoms with van der Waals surface area (Å²) in [5.74, 6) is 0.545. The number of aliphatic hydroxyl groups excluding tert-OH is 2. The lowest BCUT2D eigenvalue weighted by Gasteiger charge is -2.45. The molecule has 1 aliphatic heterocycles. The summed E-state index contributed by atoms with van der Waals surface area (Å²) >= 11 is 2.35. The Balaban J connectivity index is 1.68. The molecule has 37 heavy (non-hydrogen) atoms. The molecule has 0 spiro atoms.